The van der Waals surface area contributed by atoms with Gasteiger partial charge in [0.15, 0.2) is 0 Å². The highest BCUT2D eigenvalue weighted by Gasteiger charge is 2.26. The van der Waals surface area contributed by atoms with E-state index in [-0.39, 0.29) is 5.92 Å². The first-order valence-corrected chi connectivity index (χ1v) is 10.6. The second-order valence-corrected chi connectivity index (χ2v) is 8.30. The number of anilines is 2. The number of benzene rings is 1. The number of piperidine rings is 1. The largest absolute Gasteiger partial charge is 0.347 e. The van der Waals surface area contributed by atoms with E-state index in [0.717, 1.165) is 55.6 Å². The Balaban J connectivity index is 1.58. The number of aryl methyl sites for hydroxylation is 1. The number of hydrogen-bond donors (Lipinski definition) is 0. The molecule has 7 heteroatoms. The summed E-state index contributed by atoms with van der Waals surface area (Å²) in [6, 6.07) is 8.94. The van der Waals surface area contributed by atoms with Gasteiger partial charge in [-0.15, -0.1) is 0 Å². The van der Waals surface area contributed by atoms with Crippen LogP contribution in [0.4, 0.5) is 11.9 Å². The summed E-state index contributed by atoms with van der Waals surface area (Å²) in [5.74, 6) is 3.85. The molecule has 4 rings (SSSR count). The molecular weight excluding hydrogens is 362 g/mol. The van der Waals surface area contributed by atoms with Gasteiger partial charge in [-0.3, -0.25) is 0 Å². The van der Waals surface area contributed by atoms with E-state index in [9.17, 15) is 0 Å². The van der Waals surface area contributed by atoms with Crippen molar-refractivity contribution in [3.8, 4) is 0 Å². The Kier molecular flexibility index (Phi) is 5.39. The van der Waals surface area contributed by atoms with Crippen LogP contribution in [0.3, 0.4) is 0 Å². The van der Waals surface area contributed by atoms with Gasteiger partial charge in [-0.1, -0.05) is 32.9 Å². The molecule has 7 nitrogen and oxygen atoms in total. The zero-order chi connectivity index (χ0) is 20.5. The number of hydrogen-bond acceptors (Lipinski definition) is 6. The lowest BCUT2D eigenvalue weighted by atomic mass is 10.0. The van der Waals surface area contributed by atoms with E-state index in [2.05, 4.69) is 59.5 Å². The predicted octanol–water partition coefficient (Wildman–Crippen LogP) is 3.81. The normalized spacial score (nSPS) is 15.4. The molecule has 0 amide bonds. The summed E-state index contributed by atoms with van der Waals surface area (Å²) in [4.78, 5) is 23.2. The van der Waals surface area contributed by atoms with Gasteiger partial charge in [0, 0.05) is 45.6 Å². The maximum atomic E-state index is 4.86. The fourth-order valence-electron chi connectivity index (χ4n) is 4.04. The molecule has 154 valence electrons. The maximum Gasteiger partial charge on any atom is 0.230 e. The zero-order valence-corrected chi connectivity index (χ0v) is 18.1. The van der Waals surface area contributed by atoms with Crippen molar-refractivity contribution in [1.82, 2.24) is 24.5 Å². The number of fused-ring (bicyclic) bond motifs is 1. The fraction of sp³-hybridized carbons (Fsp3) is 0.545. The van der Waals surface area contributed by atoms with Crippen LogP contribution in [0.15, 0.2) is 24.3 Å². The number of nitrogens with zero attached hydrogens (tertiary/aromatic N) is 7. The molecule has 2 aromatic heterocycles. The molecule has 0 aliphatic carbocycles. The minimum absolute atomic E-state index is 0.275. The quantitative estimate of drug-likeness (QED) is 0.657. The van der Waals surface area contributed by atoms with Crippen molar-refractivity contribution in [2.45, 2.75) is 52.0 Å². The lowest BCUT2D eigenvalue weighted by Crippen LogP contribution is -2.36. The van der Waals surface area contributed by atoms with Crippen molar-refractivity contribution >= 4 is 22.9 Å². The van der Waals surface area contributed by atoms with Gasteiger partial charge < -0.3 is 14.4 Å². The highest BCUT2D eigenvalue weighted by atomic mass is 15.3. The summed E-state index contributed by atoms with van der Waals surface area (Å²) in [6.07, 6.45) is 3.08. The van der Waals surface area contributed by atoms with Crippen LogP contribution in [-0.4, -0.2) is 51.7 Å². The Morgan fingerprint density at radius 2 is 1.76 bits per heavy atom. The molecule has 0 atom stereocenters. The second kappa shape index (κ2) is 7.97. The smallest absolute Gasteiger partial charge is 0.230 e. The topological polar surface area (TPSA) is 63.0 Å². The molecule has 0 unspecified atom stereocenters. The highest BCUT2D eigenvalue weighted by molar-refractivity contribution is 5.76. The maximum absolute atomic E-state index is 4.86. The summed E-state index contributed by atoms with van der Waals surface area (Å²) >= 11 is 0. The molecule has 0 spiro atoms. The lowest BCUT2D eigenvalue weighted by Gasteiger charge is -2.34. The molecule has 1 aromatic carbocycles. The van der Waals surface area contributed by atoms with E-state index in [1.54, 1.807) is 0 Å². The van der Waals surface area contributed by atoms with Crippen LogP contribution in [0, 0.1) is 0 Å². The van der Waals surface area contributed by atoms with Gasteiger partial charge in [0.25, 0.3) is 0 Å². The minimum atomic E-state index is 0.275. The third-order valence-electron chi connectivity index (χ3n) is 5.64. The third kappa shape index (κ3) is 3.78. The molecule has 0 saturated carbocycles. The Morgan fingerprint density at radius 1 is 1.03 bits per heavy atom. The van der Waals surface area contributed by atoms with Crippen LogP contribution in [0.2, 0.25) is 0 Å². The van der Waals surface area contributed by atoms with Crippen LogP contribution in [0.5, 0.6) is 0 Å². The van der Waals surface area contributed by atoms with Gasteiger partial charge >= 0.3 is 0 Å². The van der Waals surface area contributed by atoms with E-state index in [1.165, 1.54) is 11.3 Å². The Morgan fingerprint density at radius 3 is 2.41 bits per heavy atom. The number of imidazole rings is 1. The van der Waals surface area contributed by atoms with E-state index >= 15 is 0 Å². The number of aromatic nitrogens is 5. The molecule has 3 heterocycles. The first kappa shape index (κ1) is 19.6. The Labute approximate surface area is 172 Å². The standard InChI is InChI=1S/C22H31N7/c1-6-19-23-17-9-7-8-10-18(17)29(19)16-11-13-28(14-12-16)22-25-20(15(2)3)24-21(26-22)27(4)5/h7-10,15-16H,6,11-14H2,1-5H3. The van der Waals surface area contributed by atoms with Crippen molar-refractivity contribution in [1.29, 1.82) is 0 Å². The van der Waals surface area contributed by atoms with Crippen LogP contribution in [0.1, 0.15) is 57.2 Å². The summed E-state index contributed by atoms with van der Waals surface area (Å²) in [6.45, 7) is 8.32. The van der Waals surface area contributed by atoms with Crippen molar-refractivity contribution in [3.63, 3.8) is 0 Å². The van der Waals surface area contributed by atoms with Crippen molar-refractivity contribution in [2.24, 2.45) is 0 Å². The molecule has 1 aliphatic heterocycles. The summed E-state index contributed by atoms with van der Waals surface area (Å²) < 4.78 is 2.46. The van der Waals surface area contributed by atoms with Crippen LogP contribution in [-0.2, 0) is 6.42 Å². The van der Waals surface area contributed by atoms with Crippen molar-refractivity contribution in [2.75, 3.05) is 37.0 Å². The summed E-state index contributed by atoms with van der Waals surface area (Å²) in [5.41, 5.74) is 2.35. The van der Waals surface area contributed by atoms with Gasteiger partial charge in [-0.25, -0.2) is 4.98 Å². The second-order valence-electron chi connectivity index (χ2n) is 8.30. The van der Waals surface area contributed by atoms with E-state index in [0.29, 0.717) is 6.04 Å². The van der Waals surface area contributed by atoms with Gasteiger partial charge in [-0.2, -0.15) is 15.0 Å². The number of rotatable bonds is 5. The minimum Gasteiger partial charge on any atom is -0.347 e. The fourth-order valence-corrected chi connectivity index (χ4v) is 4.04. The van der Waals surface area contributed by atoms with Gasteiger partial charge in [0.2, 0.25) is 11.9 Å². The monoisotopic (exact) mass is 393 g/mol. The summed E-state index contributed by atoms with van der Waals surface area (Å²) in [7, 11) is 3.96. The highest BCUT2D eigenvalue weighted by Crippen LogP contribution is 2.30. The van der Waals surface area contributed by atoms with Crippen LogP contribution >= 0.6 is 0 Å². The average molecular weight is 394 g/mol. The first-order valence-electron chi connectivity index (χ1n) is 10.6. The molecular formula is C22H31N7. The molecule has 1 saturated heterocycles. The Hall–Kier alpha value is -2.70. The SMILES string of the molecule is CCc1nc2ccccc2n1C1CCN(c2nc(C(C)C)nc(N(C)C)n2)CC1. The van der Waals surface area contributed by atoms with Gasteiger partial charge in [-0.05, 0) is 25.0 Å². The van der Waals surface area contributed by atoms with Crippen molar-refractivity contribution < 1.29 is 0 Å². The molecule has 29 heavy (non-hydrogen) atoms. The summed E-state index contributed by atoms with van der Waals surface area (Å²) in [5, 5.41) is 0. The number of para-hydroxylation sites is 2. The van der Waals surface area contributed by atoms with E-state index in [4.69, 9.17) is 15.0 Å². The Bertz CT molecular complexity index is 958. The molecule has 1 fully saturated rings. The molecule has 1 aliphatic rings. The van der Waals surface area contributed by atoms with E-state index in [1.807, 2.05) is 19.0 Å². The molecule has 0 radical (unpaired) electrons. The third-order valence-corrected chi connectivity index (χ3v) is 5.64. The molecule has 0 N–H and O–H groups in total. The zero-order valence-electron chi connectivity index (χ0n) is 18.1. The molecule has 0 bridgehead atoms. The average Bonchev–Trinajstić information content (AvgIpc) is 3.12. The molecule has 3 aromatic rings. The van der Waals surface area contributed by atoms with Gasteiger partial charge in [0.1, 0.15) is 11.6 Å². The van der Waals surface area contributed by atoms with Gasteiger partial charge in [0.05, 0.1) is 11.0 Å². The predicted molar refractivity (Wildman–Crippen MR) is 118 cm³/mol. The van der Waals surface area contributed by atoms with E-state index < -0.39 is 0 Å². The first-order chi connectivity index (χ1) is 14.0. The van der Waals surface area contributed by atoms with Crippen LogP contribution < -0.4 is 9.80 Å². The van der Waals surface area contributed by atoms with Crippen molar-refractivity contribution in [3.05, 3.63) is 35.9 Å². The van der Waals surface area contributed by atoms with Crippen LogP contribution in [0.25, 0.3) is 11.0 Å². The lowest BCUT2D eigenvalue weighted by molar-refractivity contribution is 0.392.